The van der Waals surface area contributed by atoms with E-state index in [1.807, 2.05) is 42.5 Å². The molecule has 174 valence electrons. The summed E-state index contributed by atoms with van der Waals surface area (Å²) in [6, 6.07) is 30.0. The summed E-state index contributed by atoms with van der Waals surface area (Å²) in [4.78, 5) is 0. The van der Waals surface area contributed by atoms with Gasteiger partial charge in [-0.25, -0.2) is 0 Å². The molecule has 0 fully saturated rings. The van der Waals surface area contributed by atoms with E-state index < -0.39 is 0 Å². The predicted octanol–water partition coefficient (Wildman–Crippen LogP) is 7.74. The summed E-state index contributed by atoms with van der Waals surface area (Å²) in [7, 11) is 0. The van der Waals surface area contributed by atoms with Gasteiger partial charge in [0.1, 0.15) is 12.4 Å². The number of hydrogen-bond acceptors (Lipinski definition) is 4. The number of benzene rings is 3. The molecule has 0 atom stereocenters. The van der Waals surface area contributed by atoms with Gasteiger partial charge in [-0.15, -0.1) is 11.6 Å². The summed E-state index contributed by atoms with van der Waals surface area (Å²) in [5, 5.41) is 12.5. The minimum absolute atomic E-state index is 0.568. The third kappa shape index (κ3) is 8.68. The van der Waals surface area contributed by atoms with Crippen LogP contribution in [0, 0.1) is 11.3 Å². The third-order valence-corrected chi connectivity index (χ3v) is 5.92. The number of nitriles is 1. The highest BCUT2D eigenvalue weighted by molar-refractivity contribution is 7.08. The van der Waals surface area contributed by atoms with Crippen molar-refractivity contribution in [3.8, 4) is 22.9 Å². The second-order valence-electron chi connectivity index (χ2n) is 7.50. The van der Waals surface area contributed by atoms with Crippen molar-refractivity contribution < 1.29 is 9.47 Å². The third-order valence-electron chi connectivity index (χ3n) is 4.97. The molecule has 3 aromatic carbocycles. The largest absolute Gasteiger partial charge is 0.488 e. The van der Waals surface area contributed by atoms with E-state index in [0.29, 0.717) is 24.7 Å². The summed E-state index contributed by atoms with van der Waals surface area (Å²) in [6.45, 7) is 2.00. The van der Waals surface area contributed by atoms with Crippen LogP contribution in [0.15, 0.2) is 95.7 Å². The highest BCUT2D eigenvalue weighted by atomic mass is 35.5. The number of halogens is 1. The van der Waals surface area contributed by atoms with Crippen molar-refractivity contribution in [3.05, 3.63) is 112 Å². The fourth-order valence-electron chi connectivity index (χ4n) is 3.20. The summed E-state index contributed by atoms with van der Waals surface area (Å²) >= 11 is 7.37. The molecule has 1 aromatic heterocycles. The van der Waals surface area contributed by atoms with Gasteiger partial charge in [0.15, 0.2) is 0 Å². The molecule has 0 saturated heterocycles. The van der Waals surface area contributed by atoms with Crippen molar-refractivity contribution in [1.29, 1.82) is 5.26 Å². The summed E-state index contributed by atoms with van der Waals surface area (Å²) < 4.78 is 11.7. The van der Waals surface area contributed by atoms with Crippen LogP contribution >= 0.6 is 22.9 Å². The molecular weight excluding hydrogens is 462 g/mol. The lowest BCUT2D eigenvalue weighted by molar-refractivity contribution is 0.138. The monoisotopic (exact) mass is 489 g/mol. The van der Waals surface area contributed by atoms with E-state index >= 15 is 0 Å². The molecule has 0 aliphatic carbocycles. The zero-order chi connectivity index (χ0) is 23.8. The maximum absolute atomic E-state index is 8.29. The van der Waals surface area contributed by atoms with E-state index in [1.54, 1.807) is 23.5 Å². The normalized spacial score (nSPS) is 10.1. The lowest BCUT2D eigenvalue weighted by atomic mass is 10.0. The Kier molecular flexibility index (Phi) is 11.2. The van der Waals surface area contributed by atoms with E-state index in [2.05, 4.69) is 47.2 Å². The Hall–Kier alpha value is -3.10. The lowest BCUT2D eigenvalue weighted by Crippen LogP contribution is -2.02. The van der Waals surface area contributed by atoms with Crippen molar-refractivity contribution in [1.82, 2.24) is 0 Å². The smallest absolute Gasteiger partial charge is 0.127 e. The van der Waals surface area contributed by atoms with Crippen molar-refractivity contribution >= 4 is 22.9 Å². The number of ether oxygens (including phenoxy) is 2. The fourth-order valence-corrected chi connectivity index (χ4v) is 3.96. The molecule has 1 heterocycles. The average Bonchev–Trinajstić information content (AvgIpc) is 3.44. The Bertz CT molecular complexity index is 1130. The molecule has 0 N–H and O–H groups in total. The zero-order valence-electron chi connectivity index (χ0n) is 19.0. The molecule has 0 radical (unpaired) electrons. The van der Waals surface area contributed by atoms with Gasteiger partial charge in [-0.3, -0.25) is 0 Å². The van der Waals surface area contributed by atoms with Crippen molar-refractivity contribution in [2.75, 3.05) is 19.1 Å². The van der Waals surface area contributed by atoms with Crippen LogP contribution in [0.3, 0.4) is 0 Å². The summed E-state index contributed by atoms with van der Waals surface area (Å²) in [5.74, 6) is 1.56. The van der Waals surface area contributed by atoms with E-state index in [1.165, 1.54) is 16.7 Å². The van der Waals surface area contributed by atoms with Crippen LogP contribution in [-0.2, 0) is 17.8 Å². The highest BCUT2D eigenvalue weighted by Gasteiger charge is 2.09. The van der Waals surface area contributed by atoms with Gasteiger partial charge in [0, 0.05) is 18.1 Å². The van der Waals surface area contributed by atoms with Crippen LogP contribution in [0.1, 0.15) is 23.1 Å². The summed E-state index contributed by atoms with van der Waals surface area (Å²) in [5.41, 5.74) is 5.47. The molecule has 0 aliphatic heterocycles. The van der Waals surface area contributed by atoms with Gasteiger partial charge in [-0.2, -0.15) is 16.6 Å². The minimum Gasteiger partial charge on any atom is -0.488 e. The van der Waals surface area contributed by atoms with Crippen LogP contribution in [0.4, 0.5) is 0 Å². The predicted molar refractivity (Wildman–Crippen MR) is 142 cm³/mol. The molecule has 0 saturated carbocycles. The molecule has 5 heteroatoms. The number of thiophene rings is 1. The van der Waals surface area contributed by atoms with Gasteiger partial charge in [-0.05, 0) is 70.6 Å². The maximum atomic E-state index is 8.29. The van der Waals surface area contributed by atoms with Gasteiger partial charge in [0.25, 0.3) is 0 Å². The van der Waals surface area contributed by atoms with E-state index in [-0.39, 0.29) is 0 Å². The van der Waals surface area contributed by atoms with Crippen LogP contribution in [0.5, 0.6) is 5.75 Å². The fraction of sp³-hybridized carbons (Fsp3) is 0.207. The maximum Gasteiger partial charge on any atom is 0.127 e. The van der Waals surface area contributed by atoms with Gasteiger partial charge in [0.2, 0.25) is 0 Å². The first-order valence-electron chi connectivity index (χ1n) is 11.2. The molecular formula is C29H28ClNO2S. The highest BCUT2D eigenvalue weighted by Crippen LogP contribution is 2.33. The van der Waals surface area contributed by atoms with Crippen LogP contribution in [-0.4, -0.2) is 19.1 Å². The average molecular weight is 490 g/mol. The lowest BCUT2D eigenvalue weighted by Gasteiger charge is -2.13. The topological polar surface area (TPSA) is 42.2 Å². The van der Waals surface area contributed by atoms with Gasteiger partial charge in [0.05, 0.1) is 18.2 Å². The van der Waals surface area contributed by atoms with Crippen LogP contribution in [0.2, 0.25) is 0 Å². The van der Waals surface area contributed by atoms with Gasteiger partial charge < -0.3 is 9.47 Å². The van der Waals surface area contributed by atoms with E-state index in [4.69, 9.17) is 26.3 Å². The van der Waals surface area contributed by atoms with E-state index in [0.717, 1.165) is 30.8 Å². The minimum atomic E-state index is 0.568. The van der Waals surface area contributed by atoms with Crippen LogP contribution in [0.25, 0.3) is 11.1 Å². The molecule has 0 unspecified atom stereocenters. The van der Waals surface area contributed by atoms with Crippen LogP contribution < -0.4 is 4.74 Å². The molecule has 3 nitrogen and oxygen atoms in total. The standard InChI is InChI=1S/C22H23ClO2S.C7H5N/c23-11-4-12-24-13-9-18-7-8-22(21(15-18)20-10-14-26-17-20)25-16-19-5-2-1-3-6-19;8-6-7-4-2-1-3-5-7/h1-3,5-8,10,14-15,17H,4,9,11-13,16H2;1-5H. The quantitative estimate of drug-likeness (QED) is 0.169. The first-order chi connectivity index (χ1) is 16.8. The number of nitrogens with zero attached hydrogens (tertiary/aromatic N) is 1. The SMILES string of the molecule is ClCCCOCCc1ccc(OCc2ccccc2)c(-c2ccsc2)c1.N#Cc1ccccc1. The second kappa shape index (κ2) is 14.9. The second-order valence-corrected chi connectivity index (χ2v) is 8.66. The van der Waals surface area contributed by atoms with Crippen molar-refractivity contribution in [3.63, 3.8) is 0 Å². The molecule has 4 aromatic rings. The zero-order valence-corrected chi connectivity index (χ0v) is 20.6. The van der Waals surface area contributed by atoms with Gasteiger partial charge in [-0.1, -0.05) is 54.6 Å². The molecule has 0 bridgehead atoms. The Balaban J connectivity index is 0.000000343. The first kappa shape index (κ1) is 25.5. The van der Waals surface area contributed by atoms with Crippen molar-refractivity contribution in [2.45, 2.75) is 19.4 Å². The molecule has 4 rings (SSSR count). The van der Waals surface area contributed by atoms with E-state index in [9.17, 15) is 0 Å². The summed E-state index contributed by atoms with van der Waals surface area (Å²) in [6.07, 6.45) is 1.78. The Morgan fingerprint density at radius 3 is 2.26 bits per heavy atom. The Morgan fingerprint density at radius 2 is 1.62 bits per heavy atom. The molecule has 0 aliphatic rings. The Labute approximate surface area is 211 Å². The number of alkyl halides is 1. The molecule has 0 spiro atoms. The molecule has 34 heavy (non-hydrogen) atoms. The van der Waals surface area contributed by atoms with Gasteiger partial charge >= 0.3 is 0 Å². The number of hydrogen-bond donors (Lipinski definition) is 0. The number of rotatable bonds is 10. The Morgan fingerprint density at radius 1 is 0.853 bits per heavy atom. The van der Waals surface area contributed by atoms with Crippen molar-refractivity contribution in [2.24, 2.45) is 0 Å². The molecule has 0 amide bonds. The first-order valence-corrected chi connectivity index (χ1v) is 12.7.